The molecule has 1 N–H and O–H groups in total. The molecule has 3 aromatic carbocycles. The summed E-state index contributed by atoms with van der Waals surface area (Å²) in [7, 11) is -3.40. The van der Waals surface area contributed by atoms with E-state index in [9.17, 15) is 18.0 Å². The first-order chi connectivity index (χ1) is 14.8. The third-order valence-corrected chi connectivity index (χ3v) is 5.54. The molecule has 0 unspecified atom stereocenters. The van der Waals surface area contributed by atoms with E-state index in [-0.39, 0.29) is 17.3 Å². The average molecular weight is 433 g/mol. The van der Waals surface area contributed by atoms with Gasteiger partial charge in [0.15, 0.2) is 21.4 Å². The average Bonchev–Trinajstić information content (AvgIpc) is 3.11. The van der Waals surface area contributed by atoms with Crippen LogP contribution in [0.15, 0.2) is 83.3 Å². The third-order valence-electron chi connectivity index (χ3n) is 4.73. The van der Waals surface area contributed by atoms with E-state index in [1.807, 2.05) is 6.07 Å². The molecule has 0 atom stereocenters. The van der Waals surface area contributed by atoms with Crippen molar-refractivity contribution < 1.29 is 22.4 Å². The molecule has 156 valence electrons. The largest absolute Gasteiger partial charge is 0.451 e. The number of carbonyl (C=O) groups is 2. The highest BCUT2D eigenvalue weighted by molar-refractivity contribution is 7.89. The van der Waals surface area contributed by atoms with Crippen LogP contribution < -0.4 is 5.32 Å². The zero-order valence-corrected chi connectivity index (χ0v) is 17.5. The van der Waals surface area contributed by atoms with E-state index in [0.717, 1.165) is 6.26 Å². The Hall–Kier alpha value is -3.71. The predicted molar refractivity (Wildman–Crippen MR) is 119 cm³/mol. The van der Waals surface area contributed by atoms with Crippen molar-refractivity contribution in [3.63, 3.8) is 0 Å². The van der Waals surface area contributed by atoms with Gasteiger partial charge in [-0.05, 0) is 18.2 Å². The minimum absolute atomic E-state index is 0.0635. The minimum Gasteiger partial charge on any atom is -0.451 e. The summed E-state index contributed by atoms with van der Waals surface area (Å²) in [4.78, 5) is 25.6. The van der Waals surface area contributed by atoms with Crippen molar-refractivity contribution in [1.29, 1.82) is 0 Å². The number of amides is 1. The standard InChI is InChI=1S/C24H19NO5S/c1-31(28,29)15-20-19-12-5-6-13-21(19)30-23(20)24(27)25-18-11-7-10-17(14-18)22(26)16-8-3-2-4-9-16/h2-14H,15H2,1H3,(H,25,27). The van der Waals surface area contributed by atoms with Crippen molar-refractivity contribution in [2.45, 2.75) is 5.75 Å². The molecular weight excluding hydrogens is 414 g/mol. The van der Waals surface area contributed by atoms with Gasteiger partial charge in [0.05, 0.1) is 5.75 Å². The molecule has 4 aromatic rings. The lowest BCUT2D eigenvalue weighted by molar-refractivity contribution is 0.0995. The predicted octanol–water partition coefficient (Wildman–Crippen LogP) is 4.46. The zero-order chi connectivity index (χ0) is 22.0. The van der Waals surface area contributed by atoms with Crippen LogP contribution in [0.3, 0.4) is 0 Å². The summed E-state index contributed by atoms with van der Waals surface area (Å²) in [5, 5.41) is 3.29. The van der Waals surface area contributed by atoms with E-state index >= 15 is 0 Å². The Kier molecular flexibility index (Phi) is 5.44. The number of furan rings is 1. The molecule has 7 heteroatoms. The second-order valence-corrected chi connectivity index (χ2v) is 9.35. The van der Waals surface area contributed by atoms with Gasteiger partial charge in [-0.15, -0.1) is 0 Å². The molecule has 0 bridgehead atoms. The highest BCUT2D eigenvalue weighted by Crippen LogP contribution is 2.28. The van der Waals surface area contributed by atoms with Crippen LogP contribution in [0.5, 0.6) is 0 Å². The highest BCUT2D eigenvalue weighted by Gasteiger charge is 2.23. The summed E-state index contributed by atoms with van der Waals surface area (Å²) >= 11 is 0. The van der Waals surface area contributed by atoms with Gasteiger partial charge in [0.1, 0.15) is 5.58 Å². The molecule has 0 fully saturated rings. The number of fused-ring (bicyclic) bond motifs is 1. The number of rotatable bonds is 6. The van der Waals surface area contributed by atoms with Crippen LogP contribution in [0.25, 0.3) is 11.0 Å². The van der Waals surface area contributed by atoms with E-state index in [2.05, 4.69) is 5.32 Å². The Bertz CT molecular complexity index is 1390. The second-order valence-electron chi connectivity index (χ2n) is 7.21. The number of carbonyl (C=O) groups excluding carboxylic acids is 2. The first-order valence-corrected chi connectivity index (χ1v) is 11.6. The SMILES string of the molecule is CS(=O)(=O)Cc1c(C(=O)Nc2cccc(C(=O)c3ccccc3)c2)oc2ccccc12. The Labute approximate surface area is 179 Å². The third kappa shape index (κ3) is 4.57. The van der Waals surface area contributed by atoms with E-state index in [0.29, 0.717) is 33.3 Å². The molecule has 0 saturated carbocycles. The minimum atomic E-state index is -3.40. The molecule has 1 amide bonds. The van der Waals surface area contributed by atoms with Crippen LogP contribution in [0.4, 0.5) is 5.69 Å². The maximum absolute atomic E-state index is 13.0. The van der Waals surface area contributed by atoms with Crippen molar-refractivity contribution in [3.05, 3.63) is 101 Å². The lowest BCUT2D eigenvalue weighted by Crippen LogP contribution is -2.15. The van der Waals surface area contributed by atoms with Crippen molar-refractivity contribution >= 4 is 38.2 Å². The van der Waals surface area contributed by atoms with Gasteiger partial charge in [0.2, 0.25) is 0 Å². The zero-order valence-electron chi connectivity index (χ0n) is 16.7. The quantitative estimate of drug-likeness (QED) is 0.453. The van der Waals surface area contributed by atoms with E-state index in [1.165, 1.54) is 0 Å². The Morgan fingerprint density at radius 2 is 1.55 bits per heavy atom. The molecule has 0 aliphatic rings. The number of benzene rings is 3. The molecule has 0 radical (unpaired) electrons. The molecule has 1 aromatic heterocycles. The molecule has 0 saturated heterocycles. The maximum Gasteiger partial charge on any atom is 0.291 e. The summed E-state index contributed by atoms with van der Waals surface area (Å²) in [6.07, 6.45) is 1.11. The van der Waals surface area contributed by atoms with Gasteiger partial charge in [-0.2, -0.15) is 0 Å². The Balaban J connectivity index is 1.66. The van der Waals surface area contributed by atoms with Crippen molar-refractivity contribution in [3.8, 4) is 0 Å². The number of hydrogen-bond donors (Lipinski definition) is 1. The van der Waals surface area contributed by atoms with Gasteiger partial charge >= 0.3 is 0 Å². The second kappa shape index (κ2) is 8.20. The summed E-state index contributed by atoms with van der Waals surface area (Å²) in [6, 6.07) is 22.3. The fraction of sp³-hybridized carbons (Fsp3) is 0.0833. The van der Waals surface area contributed by atoms with Gasteiger partial charge in [-0.3, -0.25) is 9.59 Å². The Morgan fingerprint density at radius 3 is 2.29 bits per heavy atom. The summed E-state index contributed by atoms with van der Waals surface area (Å²) < 4.78 is 29.5. The molecule has 1 heterocycles. The Morgan fingerprint density at radius 1 is 0.871 bits per heavy atom. The summed E-state index contributed by atoms with van der Waals surface area (Å²) in [5.74, 6) is -1.14. The van der Waals surface area contributed by atoms with Gasteiger partial charge < -0.3 is 9.73 Å². The number of para-hydroxylation sites is 1. The highest BCUT2D eigenvalue weighted by atomic mass is 32.2. The summed E-state index contributed by atoms with van der Waals surface area (Å²) in [5.41, 5.74) is 2.10. The first kappa shape index (κ1) is 20.6. The molecule has 0 aliphatic heterocycles. The van der Waals surface area contributed by atoms with Gasteiger partial charge in [0.25, 0.3) is 5.91 Å². The number of anilines is 1. The summed E-state index contributed by atoms with van der Waals surface area (Å²) in [6.45, 7) is 0. The van der Waals surface area contributed by atoms with Gasteiger partial charge in [0, 0.05) is 34.0 Å². The maximum atomic E-state index is 13.0. The van der Waals surface area contributed by atoms with Crippen LogP contribution in [0, 0.1) is 0 Å². The van der Waals surface area contributed by atoms with Crippen LogP contribution in [-0.4, -0.2) is 26.4 Å². The normalized spacial score (nSPS) is 11.4. The van der Waals surface area contributed by atoms with E-state index in [1.54, 1.807) is 72.8 Å². The van der Waals surface area contributed by atoms with Crippen LogP contribution >= 0.6 is 0 Å². The lowest BCUT2D eigenvalue weighted by atomic mass is 10.0. The van der Waals surface area contributed by atoms with E-state index < -0.39 is 15.7 Å². The van der Waals surface area contributed by atoms with Crippen LogP contribution in [-0.2, 0) is 15.6 Å². The molecule has 31 heavy (non-hydrogen) atoms. The molecule has 0 spiro atoms. The van der Waals surface area contributed by atoms with Gasteiger partial charge in [-0.25, -0.2) is 8.42 Å². The van der Waals surface area contributed by atoms with Gasteiger partial charge in [-0.1, -0.05) is 60.7 Å². The molecule has 0 aliphatic carbocycles. The number of ketones is 1. The monoisotopic (exact) mass is 433 g/mol. The fourth-order valence-corrected chi connectivity index (χ4v) is 4.18. The topological polar surface area (TPSA) is 93.5 Å². The lowest BCUT2D eigenvalue weighted by Gasteiger charge is -2.07. The van der Waals surface area contributed by atoms with E-state index in [4.69, 9.17) is 4.42 Å². The molecular formula is C24H19NO5S. The molecule has 6 nitrogen and oxygen atoms in total. The fourth-order valence-electron chi connectivity index (χ4n) is 3.37. The molecule has 4 rings (SSSR count). The van der Waals surface area contributed by atoms with Crippen molar-refractivity contribution in [1.82, 2.24) is 0 Å². The van der Waals surface area contributed by atoms with Crippen LogP contribution in [0.1, 0.15) is 32.0 Å². The number of hydrogen-bond acceptors (Lipinski definition) is 5. The van der Waals surface area contributed by atoms with Crippen molar-refractivity contribution in [2.75, 3.05) is 11.6 Å². The smallest absolute Gasteiger partial charge is 0.291 e. The van der Waals surface area contributed by atoms with Crippen LogP contribution in [0.2, 0.25) is 0 Å². The number of nitrogens with one attached hydrogen (secondary N) is 1. The first-order valence-electron chi connectivity index (χ1n) is 9.51. The number of sulfone groups is 1. The van der Waals surface area contributed by atoms with Crippen molar-refractivity contribution in [2.24, 2.45) is 0 Å².